The second-order valence-corrected chi connectivity index (χ2v) is 7.13. The van der Waals surface area contributed by atoms with Crippen molar-refractivity contribution in [2.75, 3.05) is 47.4 Å². The first kappa shape index (κ1) is 16.2. The molecule has 0 bridgehead atoms. The van der Waals surface area contributed by atoms with Crippen LogP contribution >= 0.6 is 0 Å². The molecule has 21 heavy (non-hydrogen) atoms. The van der Waals surface area contributed by atoms with Crippen LogP contribution in [0.25, 0.3) is 0 Å². The molecule has 0 aromatic heterocycles. The highest BCUT2D eigenvalue weighted by atomic mass is 32.2. The molecule has 118 valence electrons. The smallest absolute Gasteiger partial charge is 0.246 e. The topological polar surface area (TPSA) is 61.9 Å². The van der Waals surface area contributed by atoms with Gasteiger partial charge in [0.25, 0.3) is 0 Å². The van der Waals surface area contributed by atoms with Crippen LogP contribution in [0.1, 0.15) is 5.56 Å². The maximum Gasteiger partial charge on any atom is 0.246 e. The Kier molecular flexibility index (Phi) is 5.21. The molecule has 1 heterocycles. The van der Waals surface area contributed by atoms with Crippen molar-refractivity contribution in [2.45, 2.75) is 11.4 Å². The van der Waals surface area contributed by atoms with Crippen LogP contribution < -0.4 is 10.1 Å². The monoisotopic (exact) mass is 313 g/mol. The number of benzene rings is 1. The second kappa shape index (κ2) is 6.74. The lowest BCUT2D eigenvalue weighted by atomic mass is 10.2. The van der Waals surface area contributed by atoms with Crippen molar-refractivity contribution in [3.63, 3.8) is 0 Å². The lowest BCUT2D eigenvalue weighted by molar-refractivity contribution is 0.222. The van der Waals surface area contributed by atoms with E-state index < -0.39 is 10.0 Å². The summed E-state index contributed by atoms with van der Waals surface area (Å²) in [6.07, 6.45) is 0. The minimum absolute atomic E-state index is 0.245. The molecule has 1 fully saturated rings. The van der Waals surface area contributed by atoms with Crippen molar-refractivity contribution < 1.29 is 13.2 Å². The van der Waals surface area contributed by atoms with Gasteiger partial charge in [0.05, 0.1) is 7.11 Å². The van der Waals surface area contributed by atoms with Crippen molar-refractivity contribution >= 4 is 10.0 Å². The van der Waals surface area contributed by atoms with E-state index in [0.29, 0.717) is 25.4 Å². The van der Waals surface area contributed by atoms with Crippen molar-refractivity contribution in [1.29, 1.82) is 0 Å². The fourth-order valence-electron chi connectivity index (χ4n) is 2.41. The lowest BCUT2D eigenvalue weighted by Gasteiger charge is -2.31. The molecule has 6 nitrogen and oxygen atoms in total. The van der Waals surface area contributed by atoms with Gasteiger partial charge in [-0.3, -0.25) is 0 Å². The number of piperazine rings is 1. The largest absolute Gasteiger partial charge is 0.495 e. The van der Waals surface area contributed by atoms with Gasteiger partial charge >= 0.3 is 0 Å². The minimum Gasteiger partial charge on any atom is -0.495 e. The SMILES string of the molecule is CNCc1ccc(S(=O)(=O)N2CCN(C)CC2)c(OC)c1. The summed E-state index contributed by atoms with van der Waals surface area (Å²) < 4.78 is 32.3. The third-order valence-corrected chi connectivity index (χ3v) is 5.63. The Bertz CT molecular complexity index is 581. The molecule has 0 saturated carbocycles. The molecule has 1 aliphatic rings. The quantitative estimate of drug-likeness (QED) is 0.850. The van der Waals surface area contributed by atoms with E-state index in [1.54, 1.807) is 12.1 Å². The number of rotatable bonds is 5. The van der Waals surface area contributed by atoms with E-state index >= 15 is 0 Å². The Labute approximate surface area is 126 Å². The molecule has 0 amide bonds. The Morgan fingerprint density at radius 2 is 1.90 bits per heavy atom. The van der Waals surface area contributed by atoms with Gasteiger partial charge in [-0.15, -0.1) is 0 Å². The first-order valence-corrected chi connectivity index (χ1v) is 8.43. The van der Waals surface area contributed by atoms with Gasteiger partial charge in [-0.1, -0.05) is 6.07 Å². The summed E-state index contributed by atoms with van der Waals surface area (Å²) in [5.41, 5.74) is 0.992. The molecular weight excluding hydrogens is 290 g/mol. The number of hydrogen-bond donors (Lipinski definition) is 1. The average Bonchev–Trinajstić information content (AvgIpc) is 2.47. The van der Waals surface area contributed by atoms with Gasteiger partial charge in [-0.25, -0.2) is 8.42 Å². The summed E-state index contributed by atoms with van der Waals surface area (Å²) in [6, 6.07) is 5.24. The summed E-state index contributed by atoms with van der Waals surface area (Å²) in [7, 11) is 1.85. The zero-order valence-corrected chi connectivity index (χ0v) is 13.6. The van der Waals surface area contributed by atoms with Gasteiger partial charge in [0.2, 0.25) is 10.0 Å². The summed E-state index contributed by atoms with van der Waals surface area (Å²) in [5.74, 6) is 0.404. The van der Waals surface area contributed by atoms with E-state index in [1.807, 2.05) is 20.2 Å². The van der Waals surface area contributed by atoms with Crippen LogP contribution in [-0.4, -0.2) is 65.0 Å². The number of ether oxygens (including phenoxy) is 1. The first-order valence-electron chi connectivity index (χ1n) is 6.99. The Morgan fingerprint density at radius 3 is 2.48 bits per heavy atom. The van der Waals surface area contributed by atoms with Gasteiger partial charge in [-0.2, -0.15) is 4.31 Å². The summed E-state index contributed by atoms with van der Waals surface area (Å²) in [6.45, 7) is 3.20. The number of likely N-dealkylation sites (N-methyl/N-ethyl adjacent to an activating group) is 1. The molecular formula is C14H23N3O3S. The number of methoxy groups -OCH3 is 1. The van der Waals surface area contributed by atoms with Crippen LogP contribution in [0.4, 0.5) is 0 Å². The van der Waals surface area contributed by atoms with E-state index in [0.717, 1.165) is 18.7 Å². The van der Waals surface area contributed by atoms with Gasteiger partial charge in [0, 0.05) is 32.7 Å². The molecule has 1 N–H and O–H groups in total. The van der Waals surface area contributed by atoms with Gasteiger partial charge < -0.3 is 15.0 Å². The van der Waals surface area contributed by atoms with E-state index in [2.05, 4.69) is 10.2 Å². The van der Waals surface area contributed by atoms with Crippen LogP contribution in [0.3, 0.4) is 0 Å². The molecule has 1 aromatic rings. The average molecular weight is 313 g/mol. The van der Waals surface area contributed by atoms with E-state index in [4.69, 9.17) is 4.74 Å². The highest BCUT2D eigenvalue weighted by molar-refractivity contribution is 7.89. The molecule has 2 rings (SSSR count). The fraction of sp³-hybridized carbons (Fsp3) is 0.571. The molecule has 7 heteroatoms. The summed E-state index contributed by atoms with van der Waals surface area (Å²) in [5, 5.41) is 3.04. The number of hydrogen-bond acceptors (Lipinski definition) is 5. The van der Waals surface area contributed by atoms with Crippen molar-refractivity contribution in [2.24, 2.45) is 0 Å². The van der Waals surface area contributed by atoms with Crippen molar-refractivity contribution in [3.8, 4) is 5.75 Å². The van der Waals surface area contributed by atoms with Crippen molar-refractivity contribution in [1.82, 2.24) is 14.5 Å². The third-order valence-electron chi connectivity index (χ3n) is 3.69. The van der Waals surface area contributed by atoms with Crippen LogP contribution in [0, 0.1) is 0 Å². The minimum atomic E-state index is -3.50. The van der Waals surface area contributed by atoms with Crippen LogP contribution in [-0.2, 0) is 16.6 Å². The van der Waals surface area contributed by atoms with Gasteiger partial charge in [0.1, 0.15) is 10.6 Å². The molecule has 0 aliphatic carbocycles. The zero-order chi connectivity index (χ0) is 15.5. The predicted molar refractivity (Wildman–Crippen MR) is 82.0 cm³/mol. The number of nitrogens with one attached hydrogen (secondary N) is 1. The molecule has 0 unspecified atom stereocenters. The molecule has 1 aromatic carbocycles. The number of nitrogens with zero attached hydrogens (tertiary/aromatic N) is 2. The maximum absolute atomic E-state index is 12.8. The van der Waals surface area contributed by atoms with E-state index in [1.165, 1.54) is 11.4 Å². The molecule has 0 radical (unpaired) electrons. The van der Waals surface area contributed by atoms with E-state index in [9.17, 15) is 8.42 Å². The fourth-order valence-corrected chi connectivity index (χ4v) is 3.97. The van der Waals surface area contributed by atoms with Crippen LogP contribution in [0.5, 0.6) is 5.75 Å². The van der Waals surface area contributed by atoms with Crippen LogP contribution in [0.2, 0.25) is 0 Å². The van der Waals surface area contributed by atoms with Gasteiger partial charge in [0.15, 0.2) is 0 Å². The Morgan fingerprint density at radius 1 is 1.24 bits per heavy atom. The van der Waals surface area contributed by atoms with E-state index in [-0.39, 0.29) is 4.90 Å². The molecule has 1 aliphatic heterocycles. The third kappa shape index (κ3) is 3.55. The standard InChI is InChI=1S/C14H23N3O3S/c1-15-11-12-4-5-14(13(10-12)20-3)21(18,19)17-8-6-16(2)7-9-17/h4-5,10,15H,6-9,11H2,1-3H3. The summed E-state index contributed by atoms with van der Waals surface area (Å²) >= 11 is 0. The highest BCUT2D eigenvalue weighted by Gasteiger charge is 2.30. The predicted octanol–water partition coefficient (Wildman–Crippen LogP) is 0.351. The normalized spacial score (nSPS) is 17.9. The van der Waals surface area contributed by atoms with Crippen molar-refractivity contribution in [3.05, 3.63) is 23.8 Å². The second-order valence-electron chi connectivity index (χ2n) is 5.22. The maximum atomic E-state index is 12.8. The Hall–Kier alpha value is -1.15. The molecule has 0 spiro atoms. The summed E-state index contributed by atoms with van der Waals surface area (Å²) in [4.78, 5) is 2.37. The highest BCUT2D eigenvalue weighted by Crippen LogP contribution is 2.28. The number of sulfonamides is 1. The first-order chi connectivity index (χ1) is 9.98. The Balaban J connectivity index is 2.31. The lowest BCUT2D eigenvalue weighted by Crippen LogP contribution is -2.47. The van der Waals surface area contributed by atoms with Crippen LogP contribution in [0.15, 0.2) is 23.1 Å². The zero-order valence-electron chi connectivity index (χ0n) is 12.8. The molecule has 1 saturated heterocycles. The molecule has 0 atom stereocenters. The van der Waals surface area contributed by atoms with Gasteiger partial charge in [-0.05, 0) is 31.8 Å².